The van der Waals surface area contributed by atoms with Crippen molar-refractivity contribution in [2.24, 2.45) is 0 Å². The van der Waals surface area contributed by atoms with E-state index < -0.39 is 12.4 Å². The zero-order chi connectivity index (χ0) is 28.9. The van der Waals surface area contributed by atoms with Gasteiger partial charge in [0.2, 0.25) is 5.91 Å². The Morgan fingerprint density at radius 3 is 2.52 bits per heavy atom. The number of hydrogen-bond donors (Lipinski definition) is 3. The van der Waals surface area contributed by atoms with Crippen LogP contribution in [0.15, 0.2) is 30.5 Å². The molecule has 1 saturated heterocycles. The molecule has 0 spiro atoms. The molecule has 1 aliphatic rings. The summed E-state index contributed by atoms with van der Waals surface area (Å²) in [6, 6.07) is 7.03. The maximum absolute atomic E-state index is 12.2. The Morgan fingerprint density at radius 2 is 1.82 bits per heavy atom. The van der Waals surface area contributed by atoms with Crippen LogP contribution >= 0.6 is 0 Å². The number of benzene rings is 1. The minimum atomic E-state index is -0.704. The van der Waals surface area contributed by atoms with E-state index in [9.17, 15) is 14.7 Å². The zero-order valence-corrected chi connectivity index (χ0v) is 23.7. The number of ether oxygens (including phenoxy) is 4. The predicted molar refractivity (Wildman–Crippen MR) is 146 cm³/mol. The van der Waals surface area contributed by atoms with E-state index in [-0.39, 0.29) is 36.9 Å². The van der Waals surface area contributed by atoms with E-state index in [0.29, 0.717) is 50.8 Å². The Balaban J connectivity index is 1.27. The molecule has 4 atom stereocenters. The summed E-state index contributed by atoms with van der Waals surface area (Å²) in [5.74, 6) is -0.364. The Labute approximate surface area is 235 Å². The number of amides is 2. The maximum Gasteiger partial charge on any atom is 0.251 e. The van der Waals surface area contributed by atoms with Gasteiger partial charge in [-0.2, -0.15) is 0 Å². The van der Waals surface area contributed by atoms with Crippen molar-refractivity contribution < 1.29 is 33.6 Å². The number of rotatable bonds is 16. The average Bonchev–Trinajstić information content (AvgIpc) is 3.42. The van der Waals surface area contributed by atoms with Crippen LogP contribution in [0.5, 0.6) is 0 Å². The first-order valence-corrected chi connectivity index (χ1v) is 13.5. The van der Waals surface area contributed by atoms with Crippen molar-refractivity contribution in [3.63, 3.8) is 0 Å². The SMILES string of the molecule is CNC(=O)CCNC(=O)c1ccc(-c2cn(CCOCCOCCOC3O[C@H](C)C[C@H](N(C)C)[C@H]3O)nn2)cc1. The van der Waals surface area contributed by atoms with Gasteiger partial charge >= 0.3 is 0 Å². The van der Waals surface area contributed by atoms with Crippen molar-refractivity contribution in [3.05, 3.63) is 36.0 Å². The lowest BCUT2D eigenvalue weighted by Crippen LogP contribution is -2.54. The molecular formula is C27H42N6O7. The lowest BCUT2D eigenvalue weighted by Gasteiger charge is -2.40. The minimum Gasteiger partial charge on any atom is -0.386 e. The molecule has 3 N–H and O–H groups in total. The van der Waals surface area contributed by atoms with E-state index in [4.69, 9.17) is 18.9 Å². The molecule has 1 fully saturated rings. The second kappa shape index (κ2) is 16.4. The predicted octanol–water partition coefficient (Wildman–Crippen LogP) is 0.287. The normalized spacial score (nSPS) is 20.9. The summed E-state index contributed by atoms with van der Waals surface area (Å²) in [6.45, 7) is 4.77. The van der Waals surface area contributed by atoms with Crippen LogP contribution in [0.3, 0.4) is 0 Å². The van der Waals surface area contributed by atoms with Crippen molar-refractivity contribution in [1.29, 1.82) is 0 Å². The zero-order valence-electron chi connectivity index (χ0n) is 23.7. The molecule has 2 amide bonds. The molecule has 1 aliphatic heterocycles. The summed E-state index contributed by atoms with van der Waals surface area (Å²) >= 11 is 0. The van der Waals surface area contributed by atoms with Crippen LogP contribution < -0.4 is 10.6 Å². The van der Waals surface area contributed by atoms with E-state index in [1.54, 1.807) is 23.9 Å². The van der Waals surface area contributed by atoms with E-state index in [1.807, 2.05) is 44.2 Å². The molecule has 13 heteroatoms. The van der Waals surface area contributed by atoms with Crippen molar-refractivity contribution in [2.75, 3.05) is 60.7 Å². The topological polar surface area (TPSA) is 149 Å². The van der Waals surface area contributed by atoms with Crippen LogP contribution in [0, 0.1) is 0 Å². The molecule has 222 valence electrons. The van der Waals surface area contributed by atoms with Gasteiger partial charge in [0.1, 0.15) is 11.8 Å². The first-order chi connectivity index (χ1) is 19.3. The number of aliphatic hydroxyl groups excluding tert-OH is 1. The number of aromatic nitrogens is 3. The van der Waals surface area contributed by atoms with E-state index in [2.05, 4.69) is 20.9 Å². The molecule has 40 heavy (non-hydrogen) atoms. The van der Waals surface area contributed by atoms with Crippen LogP contribution in [0.4, 0.5) is 0 Å². The van der Waals surface area contributed by atoms with Gasteiger partial charge in [0.15, 0.2) is 6.29 Å². The molecule has 1 unspecified atom stereocenters. The summed E-state index contributed by atoms with van der Waals surface area (Å²) in [7, 11) is 5.44. The van der Waals surface area contributed by atoms with Crippen LogP contribution in [-0.4, -0.2) is 122 Å². The second-order valence-electron chi connectivity index (χ2n) is 9.79. The third kappa shape index (κ3) is 9.91. The van der Waals surface area contributed by atoms with Gasteiger partial charge in [-0.3, -0.25) is 9.59 Å². The van der Waals surface area contributed by atoms with Crippen molar-refractivity contribution in [3.8, 4) is 11.3 Å². The van der Waals surface area contributed by atoms with Crippen molar-refractivity contribution in [2.45, 2.75) is 50.8 Å². The first kappa shape index (κ1) is 31.6. The molecule has 0 radical (unpaired) electrons. The number of aliphatic hydroxyl groups is 1. The maximum atomic E-state index is 12.2. The fraction of sp³-hybridized carbons (Fsp3) is 0.630. The van der Waals surface area contributed by atoms with E-state index >= 15 is 0 Å². The van der Waals surface area contributed by atoms with Crippen molar-refractivity contribution >= 4 is 11.8 Å². The molecule has 1 aromatic carbocycles. The number of nitrogens with zero attached hydrogens (tertiary/aromatic N) is 4. The van der Waals surface area contributed by atoms with Gasteiger partial charge in [-0.25, -0.2) is 4.68 Å². The van der Waals surface area contributed by atoms with E-state index in [1.165, 1.54) is 0 Å². The number of carbonyl (C=O) groups is 2. The quantitative estimate of drug-likeness (QED) is 0.244. The van der Waals surface area contributed by atoms with Gasteiger partial charge in [-0.05, 0) is 39.6 Å². The highest BCUT2D eigenvalue weighted by Gasteiger charge is 2.37. The highest BCUT2D eigenvalue weighted by Crippen LogP contribution is 2.23. The monoisotopic (exact) mass is 562 g/mol. The van der Waals surface area contributed by atoms with Gasteiger partial charge in [0.05, 0.1) is 51.9 Å². The van der Waals surface area contributed by atoms with Crippen LogP contribution in [0.2, 0.25) is 0 Å². The Morgan fingerprint density at radius 1 is 1.12 bits per heavy atom. The molecule has 0 aliphatic carbocycles. The fourth-order valence-corrected chi connectivity index (χ4v) is 4.23. The fourth-order valence-electron chi connectivity index (χ4n) is 4.23. The summed E-state index contributed by atoms with van der Waals surface area (Å²) in [5, 5.41) is 24.0. The third-order valence-corrected chi connectivity index (χ3v) is 6.52. The van der Waals surface area contributed by atoms with E-state index in [0.717, 1.165) is 12.0 Å². The lowest BCUT2D eigenvalue weighted by molar-refractivity contribution is -0.255. The lowest BCUT2D eigenvalue weighted by atomic mass is 9.99. The second-order valence-corrected chi connectivity index (χ2v) is 9.79. The van der Waals surface area contributed by atoms with Gasteiger partial charge in [-0.1, -0.05) is 17.3 Å². The summed E-state index contributed by atoms with van der Waals surface area (Å²) in [5.41, 5.74) is 2.03. The first-order valence-electron chi connectivity index (χ1n) is 13.5. The number of likely N-dealkylation sites (N-methyl/N-ethyl adjacent to an activating group) is 1. The number of nitrogens with one attached hydrogen (secondary N) is 2. The van der Waals surface area contributed by atoms with Crippen LogP contribution in [-0.2, 0) is 30.3 Å². The van der Waals surface area contributed by atoms with Gasteiger partial charge in [0.25, 0.3) is 5.91 Å². The molecule has 2 heterocycles. The molecular weight excluding hydrogens is 520 g/mol. The van der Waals surface area contributed by atoms with Crippen molar-refractivity contribution in [1.82, 2.24) is 30.5 Å². The third-order valence-electron chi connectivity index (χ3n) is 6.52. The Kier molecular flexibility index (Phi) is 12.9. The molecule has 0 saturated carbocycles. The number of carbonyl (C=O) groups excluding carboxylic acids is 2. The van der Waals surface area contributed by atoms with Gasteiger partial charge < -0.3 is 39.6 Å². The molecule has 1 aromatic heterocycles. The smallest absolute Gasteiger partial charge is 0.251 e. The molecule has 13 nitrogen and oxygen atoms in total. The van der Waals surface area contributed by atoms with Crippen LogP contribution in [0.25, 0.3) is 11.3 Å². The van der Waals surface area contributed by atoms with Gasteiger partial charge in [-0.15, -0.1) is 5.10 Å². The highest BCUT2D eigenvalue weighted by atomic mass is 16.7. The Hall–Kier alpha value is -2.94. The number of hydrogen-bond acceptors (Lipinski definition) is 10. The average molecular weight is 563 g/mol. The summed E-state index contributed by atoms with van der Waals surface area (Å²) < 4.78 is 24.3. The molecule has 0 bridgehead atoms. The largest absolute Gasteiger partial charge is 0.386 e. The summed E-state index contributed by atoms with van der Waals surface area (Å²) in [4.78, 5) is 25.5. The molecule has 3 rings (SSSR count). The standard InChI is InChI=1S/C27H42N6O7/c1-19-17-23(32(3)4)25(35)27(40-19)39-16-15-38-14-13-37-12-11-33-18-22(30-31-33)20-5-7-21(8-6-20)26(36)29-10-9-24(34)28-2/h5-8,18-19,23,25,27,35H,9-17H2,1-4H3,(H,28,34)(H,29,36)/t19-,23+,25-,27?/m1/s1. The minimum absolute atomic E-state index is 0.00372. The Bertz CT molecular complexity index is 1050. The molecule has 2 aromatic rings. The van der Waals surface area contributed by atoms with Gasteiger partial charge in [0, 0.05) is 37.2 Å². The summed E-state index contributed by atoms with van der Waals surface area (Å²) in [6.07, 6.45) is 1.46. The highest BCUT2D eigenvalue weighted by molar-refractivity contribution is 5.94. The van der Waals surface area contributed by atoms with Crippen LogP contribution in [0.1, 0.15) is 30.1 Å².